The molecule has 2 aliphatic rings. The average molecular weight is 652 g/mol. The molecule has 0 unspecified atom stereocenters. The van der Waals surface area contributed by atoms with Crippen LogP contribution in [0.1, 0.15) is 33.6 Å². The van der Waals surface area contributed by atoms with E-state index in [4.69, 9.17) is 14.2 Å². The number of nitrogens with zero attached hydrogens (tertiary/aromatic N) is 5. The molecule has 2 aliphatic heterocycles. The van der Waals surface area contributed by atoms with E-state index in [1.807, 2.05) is 45.0 Å². The van der Waals surface area contributed by atoms with Crippen LogP contribution in [0.5, 0.6) is 0 Å². The van der Waals surface area contributed by atoms with Crippen LogP contribution in [0, 0.1) is 0 Å². The number of anilines is 2. The van der Waals surface area contributed by atoms with Gasteiger partial charge in [0.15, 0.2) is 0 Å². The van der Waals surface area contributed by atoms with Gasteiger partial charge in [-0.05, 0) is 63.4 Å². The second-order valence-electron chi connectivity index (χ2n) is 14.3. The summed E-state index contributed by atoms with van der Waals surface area (Å²) >= 11 is 0. The van der Waals surface area contributed by atoms with Crippen molar-refractivity contribution in [3.63, 3.8) is 0 Å². The summed E-state index contributed by atoms with van der Waals surface area (Å²) in [7, 11) is -1.23. The van der Waals surface area contributed by atoms with Gasteiger partial charge < -0.3 is 39.2 Å². The Morgan fingerprint density at radius 1 is 1.02 bits per heavy atom. The lowest BCUT2D eigenvalue weighted by atomic mass is 10.1. The number of fused-ring (bicyclic) bond motifs is 1. The summed E-state index contributed by atoms with van der Waals surface area (Å²) in [4.78, 5) is 38.5. The van der Waals surface area contributed by atoms with E-state index >= 15 is 0 Å². The molecule has 2 N–H and O–H groups in total. The Bertz CT molecular complexity index is 1490. The van der Waals surface area contributed by atoms with Gasteiger partial charge in [-0.2, -0.15) is 0 Å². The van der Waals surface area contributed by atoms with Crippen molar-refractivity contribution in [2.24, 2.45) is 0 Å². The van der Waals surface area contributed by atoms with Crippen LogP contribution in [-0.2, 0) is 20.9 Å². The number of benzene rings is 1. The number of urea groups is 1. The van der Waals surface area contributed by atoms with Crippen LogP contribution in [-0.4, -0.2) is 97.3 Å². The largest absolute Gasteiger partial charge is 0.444 e. The minimum atomic E-state index is -1.23. The third kappa shape index (κ3) is 8.98. The van der Waals surface area contributed by atoms with Gasteiger partial charge in [0.1, 0.15) is 30.1 Å². The van der Waals surface area contributed by atoms with Crippen LogP contribution in [0.4, 0.5) is 21.1 Å². The molecule has 2 aromatic heterocycles. The van der Waals surface area contributed by atoms with Gasteiger partial charge in [0.05, 0.1) is 24.3 Å². The van der Waals surface area contributed by atoms with Crippen molar-refractivity contribution in [1.82, 2.24) is 24.8 Å². The predicted octanol–water partition coefficient (Wildman–Crippen LogP) is 5.77. The van der Waals surface area contributed by atoms with E-state index in [-0.39, 0.29) is 18.2 Å². The monoisotopic (exact) mass is 651 g/mol. The molecule has 0 saturated carbocycles. The number of piperidine rings is 1. The minimum absolute atomic E-state index is 0.0172. The number of rotatable bonds is 9. The summed E-state index contributed by atoms with van der Waals surface area (Å²) in [6.07, 6.45) is 2.66. The fourth-order valence-electron chi connectivity index (χ4n) is 5.59. The molecule has 0 spiro atoms. The van der Waals surface area contributed by atoms with E-state index in [0.29, 0.717) is 58.2 Å². The smallest absolute Gasteiger partial charge is 0.410 e. The number of hydrogen-bond donors (Lipinski definition) is 2. The third-order valence-electron chi connectivity index (χ3n) is 8.12. The molecular formula is C33H49N7O5Si. The van der Waals surface area contributed by atoms with Crippen molar-refractivity contribution in [1.29, 1.82) is 0 Å². The first-order valence-corrected chi connectivity index (χ1v) is 20.0. The maximum atomic E-state index is 12.8. The molecular weight excluding hydrogens is 602 g/mol. The number of amides is 3. The van der Waals surface area contributed by atoms with Gasteiger partial charge >= 0.3 is 12.1 Å². The topological polar surface area (TPSA) is 123 Å². The number of hydrogen-bond acceptors (Lipinski definition) is 8. The number of carbonyl (C=O) groups excluding carboxylic acids is 2. The number of carbonyl (C=O) groups is 2. The van der Waals surface area contributed by atoms with Gasteiger partial charge in [0.2, 0.25) is 0 Å². The number of ether oxygens (including phenoxy) is 3. The zero-order chi connectivity index (χ0) is 32.9. The second-order valence-corrected chi connectivity index (χ2v) is 19.9. The minimum Gasteiger partial charge on any atom is -0.444 e. The van der Waals surface area contributed by atoms with Crippen molar-refractivity contribution in [3.8, 4) is 11.3 Å². The lowest BCUT2D eigenvalue weighted by Gasteiger charge is -2.33. The standard InChI is InChI=1S/C33H49N7O5Si/c1-33(2,3)45-32(42)39-13-11-26(12-14-39)37-31(41)36-25-9-7-24(8-10-25)28-21-27-29(38-15-17-43-18-16-38)34-22-35-30(27)40(28)23-44-19-20-46(4,5)6/h7-10,21-22,26H,11-20,23H2,1-6H3,(H2,36,37,41). The number of likely N-dealkylation sites (tertiary alicyclic amines) is 1. The molecule has 0 aliphatic carbocycles. The Morgan fingerprint density at radius 2 is 1.72 bits per heavy atom. The molecule has 3 aromatic rings. The number of aromatic nitrogens is 3. The summed E-state index contributed by atoms with van der Waals surface area (Å²) in [5, 5.41) is 6.99. The highest BCUT2D eigenvalue weighted by Gasteiger charge is 2.28. The maximum absolute atomic E-state index is 12.8. The van der Waals surface area contributed by atoms with Crippen LogP contribution < -0.4 is 15.5 Å². The Labute approximate surface area is 272 Å². The van der Waals surface area contributed by atoms with E-state index < -0.39 is 13.7 Å². The SMILES string of the molecule is CC(C)(C)OC(=O)N1CCC(NC(=O)Nc2ccc(-c3cc4c(N5CCOCC5)ncnc4n3COCC[Si](C)(C)C)cc2)CC1. The van der Waals surface area contributed by atoms with E-state index in [0.717, 1.165) is 47.2 Å². The van der Waals surface area contributed by atoms with Gasteiger partial charge in [-0.1, -0.05) is 31.8 Å². The van der Waals surface area contributed by atoms with E-state index in [1.54, 1.807) is 11.2 Å². The van der Waals surface area contributed by atoms with Crippen molar-refractivity contribution < 1.29 is 23.8 Å². The van der Waals surface area contributed by atoms with Crippen molar-refractivity contribution >= 4 is 42.7 Å². The van der Waals surface area contributed by atoms with Gasteiger partial charge in [-0.25, -0.2) is 19.6 Å². The lowest BCUT2D eigenvalue weighted by molar-refractivity contribution is 0.0202. The van der Waals surface area contributed by atoms with Crippen molar-refractivity contribution in [3.05, 3.63) is 36.7 Å². The molecule has 0 bridgehead atoms. The molecule has 4 heterocycles. The molecule has 2 fully saturated rings. The highest BCUT2D eigenvalue weighted by molar-refractivity contribution is 6.76. The Hall–Kier alpha value is -3.68. The average Bonchev–Trinajstić information content (AvgIpc) is 3.38. The Kier molecular flexibility index (Phi) is 10.5. The van der Waals surface area contributed by atoms with Crippen LogP contribution in [0.2, 0.25) is 25.7 Å². The van der Waals surface area contributed by atoms with E-state index in [2.05, 4.69) is 55.8 Å². The Morgan fingerprint density at radius 3 is 2.37 bits per heavy atom. The summed E-state index contributed by atoms with van der Waals surface area (Å²) in [5.74, 6) is 0.905. The van der Waals surface area contributed by atoms with E-state index in [9.17, 15) is 9.59 Å². The molecule has 3 amide bonds. The summed E-state index contributed by atoms with van der Waals surface area (Å²) in [6, 6.07) is 10.8. The normalized spacial score (nSPS) is 16.5. The quantitative estimate of drug-likeness (QED) is 0.221. The molecule has 46 heavy (non-hydrogen) atoms. The zero-order valence-corrected chi connectivity index (χ0v) is 29.1. The van der Waals surface area contributed by atoms with Crippen LogP contribution in [0.15, 0.2) is 36.7 Å². The maximum Gasteiger partial charge on any atom is 0.410 e. The molecule has 2 saturated heterocycles. The highest BCUT2D eigenvalue weighted by atomic mass is 28.3. The van der Waals surface area contributed by atoms with Crippen LogP contribution >= 0.6 is 0 Å². The Balaban J connectivity index is 1.26. The third-order valence-corrected chi connectivity index (χ3v) is 9.82. The molecule has 0 radical (unpaired) electrons. The van der Waals surface area contributed by atoms with Gasteiger partial charge in [0.25, 0.3) is 0 Å². The first kappa shape index (κ1) is 33.7. The summed E-state index contributed by atoms with van der Waals surface area (Å²) in [6.45, 7) is 17.7. The lowest BCUT2D eigenvalue weighted by Crippen LogP contribution is -2.48. The molecule has 250 valence electrons. The predicted molar refractivity (Wildman–Crippen MR) is 183 cm³/mol. The zero-order valence-electron chi connectivity index (χ0n) is 28.1. The fourth-order valence-corrected chi connectivity index (χ4v) is 6.35. The molecule has 5 rings (SSSR count). The number of morpholine rings is 1. The second kappa shape index (κ2) is 14.4. The van der Waals surface area contributed by atoms with Crippen LogP contribution in [0.25, 0.3) is 22.3 Å². The van der Waals surface area contributed by atoms with Crippen LogP contribution in [0.3, 0.4) is 0 Å². The summed E-state index contributed by atoms with van der Waals surface area (Å²) in [5.41, 5.74) is 2.96. The van der Waals surface area contributed by atoms with Gasteiger partial charge in [-0.3, -0.25) is 0 Å². The molecule has 13 heteroatoms. The fraction of sp³-hybridized carbons (Fsp3) is 0.576. The summed E-state index contributed by atoms with van der Waals surface area (Å²) < 4.78 is 19.4. The number of nitrogens with one attached hydrogen (secondary N) is 2. The van der Waals surface area contributed by atoms with Crippen molar-refractivity contribution in [2.75, 3.05) is 56.2 Å². The van der Waals surface area contributed by atoms with E-state index in [1.165, 1.54) is 0 Å². The van der Waals surface area contributed by atoms with Crippen molar-refractivity contribution in [2.45, 2.75) is 77.7 Å². The molecule has 1 aromatic carbocycles. The first-order chi connectivity index (χ1) is 21.9. The highest BCUT2D eigenvalue weighted by Crippen LogP contribution is 2.33. The first-order valence-electron chi connectivity index (χ1n) is 16.3. The van der Waals surface area contributed by atoms with Gasteiger partial charge in [-0.15, -0.1) is 0 Å². The molecule has 12 nitrogen and oxygen atoms in total. The van der Waals surface area contributed by atoms with Gasteiger partial charge in [0, 0.05) is 52.6 Å². The molecule has 0 atom stereocenters.